The summed E-state index contributed by atoms with van der Waals surface area (Å²) in [6, 6.07) is 14.0. The fraction of sp³-hybridized carbons (Fsp3) is 0.400. The highest BCUT2D eigenvalue weighted by Crippen LogP contribution is 2.47. The number of fused-ring (bicyclic) bond motifs is 3. The summed E-state index contributed by atoms with van der Waals surface area (Å²) in [5.74, 6) is 0. The fourth-order valence-corrected chi connectivity index (χ4v) is 3.80. The SMILES string of the molecule is CCC1(CC)Cc2cc(C)ccc2-c2ccc(C)cc21. The summed E-state index contributed by atoms with van der Waals surface area (Å²) < 4.78 is 0. The number of hydrogen-bond acceptors (Lipinski definition) is 0. The van der Waals surface area contributed by atoms with E-state index in [-0.39, 0.29) is 0 Å². The lowest BCUT2D eigenvalue weighted by molar-refractivity contribution is 0.389. The Morgan fingerprint density at radius 1 is 0.850 bits per heavy atom. The second-order valence-electron chi connectivity index (χ2n) is 6.37. The molecule has 0 saturated heterocycles. The number of aryl methyl sites for hydroxylation is 2. The first-order valence-corrected chi connectivity index (χ1v) is 7.80. The zero-order chi connectivity index (χ0) is 14.3. The first kappa shape index (κ1) is 13.4. The van der Waals surface area contributed by atoms with Gasteiger partial charge in [0.15, 0.2) is 0 Å². The lowest BCUT2D eigenvalue weighted by atomic mass is 9.64. The van der Waals surface area contributed by atoms with Crippen LogP contribution < -0.4 is 0 Å². The van der Waals surface area contributed by atoms with Crippen LogP contribution in [0.4, 0.5) is 0 Å². The molecule has 0 fully saturated rings. The van der Waals surface area contributed by atoms with Gasteiger partial charge in [0.2, 0.25) is 0 Å². The first-order valence-electron chi connectivity index (χ1n) is 7.80. The molecule has 1 aliphatic carbocycles. The molecule has 2 aromatic rings. The van der Waals surface area contributed by atoms with Crippen molar-refractivity contribution in [3.05, 3.63) is 58.7 Å². The number of hydrogen-bond donors (Lipinski definition) is 0. The average molecular weight is 264 g/mol. The van der Waals surface area contributed by atoms with Crippen LogP contribution in [0, 0.1) is 13.8 Å². The highest BCUT2D eigenvalue weighted by atomic mass is 14.4. The molecule has 20 heavy (non-hydrogen) atoms. The monoisotopic (exact) mass is 264 g/mol. The molecule has 0 N–H and O–H groups in total. The molecule has 0 saturated carbocycles. The molecule has 0 radical (unpaired) electrons. The van der Waals surface area contributed by atoms with Crippen molar-refractivity contribution in [2.24, 2.45) is 0 Å². The van der Waals surface area contributed by atoms with E-state index in [1.54, 1.807) is 5.56 Å². The summed E-state index contributed by atoms with van der Waals surface area (Å²) in [4.78, 5) is 0. The van der Waals surface area contributed by atoms with Gasteiger partial charge in [-0.1, -0.05) is 61.4 Å². The standard InChI is InChI=1S/C20H24/c1-5-20(6-2)13-16-11-14(3)7-9-17(16)18-10-8-15(4)12-19(18)20/h7-12H,5-6,13H2,1-4H3. The molecule has 0 bridgehead atoms. The molecular weight excluding hydrogens is 240 g/mol. The van der Waals surface area contributed by atoms with E-state index in [9.17, 15) is 0 Å². The third kappa shape index (κ3) is 1.90. The Kier molecular flexibility index (Phi) is 3.20. The summed E-state index contributed by atoms with van der Waals surface area (Å²) in [7, 11) is 0. The van der Waals surface area contributed by atoms with Crippen LogP contribution in [-0.2, 0) is 11.8 Å². The van der Waals surface area contributed by atoms with Crippen LogP contribution in [0.15, 0.2) is 36.4 Å². The van der Waals surface area contributed by atoms with Gasteiger partial charge in [-0.05, 0) is 60.8 Å². The van der Waals surface area contributed by atoms with E-state index in [0.717, 1.165) is 0 Å². The van der Waals surface area contributed by atoms with Crippen molar-refractivity contribution in [1.82, 2.24) is 0 Å². The Morgan fingerprint density at radius 3 is 2.10 bits per heavy atom. The highest BCUT2D eigenvalue weighted by Gasteiger charge is 2.35. The molecule has 0 aromatic heterocycles. The molecule has 2 aromatic carbocycles. The maximum absolute atomic E-state index is 2.42. The summed E-state index contributed by atoms with van der Waals surface area (Å²) in [6.45, 7) is 9.10. The maximum atomic E-state index is 2.42. The minimum absolute atomic E-state index is 0.322. The van der Waals surface area contributed by atoms with E-state index < -0.39 is 0 Å². The van der Waals surface area contributed by atoms with Crippen molar-refractivity contribution in [2.45, 2.75) is 52.4 Å². The van der Waals surface area contributed by atoms with Crippen molar-refractivity contribution in [3.63, 3.8) is 0 Å². The molecular formula is C20H24. The predicted octanol–water partition coefficient (Wildman–Crippen LogP) is 5.58. The summed E-state index contributed by atoms with van der Waals surface area (Å²) in [6.07, 6.45) is 3.62. The van der Waals surface area contributed by atoms with Crippen LogP contribution >= 0.6 is 0 Å². The van der Waals surface area contributed by atoms with Gasteiger partial charge in [0, 0.05) is 0 Å². The van der Waals surface area contributed by atoms with Crippen LogP contribution in [0.1, 0.15) is 48.9 Å². The number of benzene rings is 2. The van der Waals surface area contributed by atoms with Crippen LogP contribution in [0.5, 0.6) is 0 Å². The topological polar surface area (TPSA) is 0 Å². The molecule has 1 aliphatic rings. The highest BCUT2D eigenvalue weighted by molar-refractivity contribution is 5.75. The van der Waals surface area contributed by atoms with Crippen molar-refractivity contribution >= 4 is 0 Å². The first-order chi connectivity index (χ1) is 9.59. The molecule has 104 valence electrons. The van der Waals surface area contributed by atoms with Gasteiger partial charge in [-0.2, -0.15) is 0 Å². The fourth-order valence-electron chi connectivity index (χ4n) is 3.80. The lowest BCUT2D eigenvalue weighted by Gasteiger charge is -2.39. The van der Waals surface area contributed by atoms with Gasteiger partial charge in [0.1, 0.15) is 0 Å². The Balaban J connectivity index is 2.31. The zero-order valence-electron chi connectivity index (χ0n) is 13.1. The Bertz CT molecular complexity index is 645. The van der Waals surface area contributed by atoms with E-state index in [4.69, 9.17) is 0 Å². The van der Waals surface area contributed by atoms with E-state index in [0.29, 0.717) is 5.41 Å². The molecule has 0 aliphatic heterocycles. The van der Waals surface area contributed by atoms with Crippen LogP contribution in [-0.4, -0.2) is 0 Å². The van der Waals surface area contributed by atoms with E-state index in [1.165, 1.54) is 47.1 Å². The Morgan fingerprint density at radius 2 is 1.45 bits per heavy atom. The van der Waals surface area contributed by atoms with Crippen molar-refractivity contribution in [1.29, 1.82) is 0 Å². The van der Waals surface area contributed by atoms with Crippen molar-refractivity contribution in [3.8, 4) is 11.1 Å². The second-order valence-corrected chi connectivity index (χ2v) is 6.37. The largest absolute Gasteiger partial charge is 0.0645 e. The molecule has 0 heteroatoms. The second kappa shape index (κ2) is 4.77. The van der Waals surface area contributed by atoms with Gasteiger partial charge in [0.25, 0.3) is 0 Å². The minimum Gasteiger partial charge on any atom is -0.0645 e. The Hall–Kier alpha value is -1.56. The lowest BCUT2D eigenvalue weighted by Crippen LogP contribution is -2.31. The average Bonchev–Trinajstić information content (AvgIpc) is 2.46. The molecule has 0 heterocycles. The number of rotatable bonds is 2. The molecule has 3 rings (SSSR count). The van der Waals surface area contributed by atoms with Gasteiger partial charge in [-0.25, -0.2) is 0 Å². The quantitative estimate of drug-likeness (QED) is 0.663. The molecule has 0 spiro atoms. The van der Waals surface area contributed by atoms with Gasteiger partial charge >= 0.3 is 0 Å². The van der Waals surface area contributed by atoms with Gasteiger partial charge in [-0.3, -0.25) is 0 Å². The van der Waals surface area contributed by atoms with E-state index in [1.807, 2.05) is 0 Å². The normalized spacial score (nSPS) is 15.6. The third-order valence-corrected chi connectivity index (χ3v) is 5.18. The maximum Gasteiger partial charge on any atom is -0.000542 e. The molecule has 0 unspecified atom stereocenters. The minimum atomic E-state index is 0.322. The third-order valence-electron chi connectivity index (χ3n) is 5.18. The Labute approximate surface area is 122 Å². The summed E-state index contributed by atoms with van der Waals surface area (Å²) in [5.41, 5.74) is 9.08. The van der Waals surface area contributed by atoms with Crippen LogP contribution in [0.3, 0.4) is 0 Å². The van der Waals surface area contributed by atoms with Gasteiger partial charge in [-0.15, -0.1) is 0 Å². The van der Waals surface area contributed by atoms with Crippen molar-refractivity contribution < 1.29 is 0 Å². The van der Waals surface area contributed by atoms with Crippen LogP contribution in [0.25, 0.3) is 11.1 Å². The molecule has 0 amide bonds. The van der Waals surface area contributed by atoms with Crippen LogP contribution in [0.2, 0.25) is 0 Å². The smallest absolute Gasteiger partial charge is 0.000542 e. The zero-order valence-corrected chi connectivity index (χ0v) is 13.1. The van der Waals surface area contributed by atoms with E-state index in [2.05, 4.69) is 64.1 Å². The van der Waals surface area contributed by atoms with Crippen molar-refractivity contribution in [2.75, 3.05) is 0 Å². The van der Waals surface area contributed by atoms with Gasteiger partial charge < -0.3 is 0 Å². The molecule has 0 atom stereocenters. The van der Waals surface area contributed by atoms with Gasteiger partial charge in [0.05, 0.1) is 0 Å². The van der Waals surface area contributed by atoms with E-state index >= 15 is 0 Å². The predicted molar refractivity (Wildman–Crippen MR) is 87.3 cm³/mol. The summed E-state index contributed by atoms with van der Waals surface area (Å²) >= 11 is 0. The molecule has 0 nitrogen and oxygen atoms in total. The summed E-state index contributed by atoms with van der Waals surface area (Å²) in [5, 5.41) is 0.